The second-order valence-corrected chi connectivity index (χ2v) is 21.1. The van der Waals surface area contributed by atoms with Crippen molar-refractivity contribution in [3.8, 4) is 11.3 Å². The van der Waals surface area contributed by atoms with Crippen LogP contribution in [-0.2, 0) is 0 Å². The number of furan rings is 1. The molecule has 18 heteroatoms. The van der Waals surface area contributed by atoms with E-state index in [1.54, 1.807) is 79.7 Å². The average Bonchev–Trinajstić information content (AvgIpc) is 1.57. The van der Waals surface area contributed by atoms with E-state index in [0.717, 1.165) is 70.7 Å². The van der Waals surface area contributed by atoms with Crippen LogP contribution in [0.5, 0.6) is 0 Å². The summed E-state index contributed by atoms with van der Waals surface area (Å²) in [4.78, 5) is 118. The van der Waals surface area contributed by atoms with Crippen molar-refractivity contribution in [3.63, 3.8) is 0 Å². The average molecular weight is 1150 g/mol. The monoisotopic (exact) mass is 1150 g/mol. The summed E-state index contributed by atoms with van der Waals surface area (Å²) in [6.45, 7) is 13.6. The van der Waals surface area contributed by atoms with Gasteiger partial charge in [0, 0.05) is 48.6 Å². The van der Waals surface area contributed by atoms with Crippen LogP contribution in [0, 0.1) is 48.5 Å². The Bertz CT molecular complexity index is 4800. The number of imide groups is 3. The first-order valence-corrected chi connectivity index (χ1v) is 27.1. The molecule has 432 valence electrons. The van der Waals surface area contributed by atoms with Crippen molar-refractivity contribution >= 4 is 78.7 Å². The zero-order valence-electron chi connectivity index (χ0n) is 48.8. The number of amides is 6. The molecule has 18 nitrogen and oxygen atoms in total. The van der Waals surface area contributed by atoms with E-state index in [2.05, 4.69) is 82.8 Å². The van der Waals surface area contributed by atoms with Crippen LogP contribution in [0.3, 0.4) is 0 Å². The summed E-state index contributed by atoms with van der Waals surface area (Å²) >= 11 is 0. The number of nitrogens with one attached hydrogen (secondary N) is 4. The van der Waals surface area contributed by atoms with Crippen LogP contribution in [0.2, 0.25) is 0 Å². The van der Waals surface area contributed by atoms with Crippen LogP contribution in [0.4, 0.5) is 0 Å². The number of aromatic amines is 4. The third kappa shape index (κ3) is 11.8. The third-order valence-corrected chi connectivity index (χ3v) is 14.9. The molecule has 3 aliphatic rings. The molecule has 0 spiro atoms. The molecule has 0 atom stereocenters. The van der Waals surface area contributed by atoms with Gasteiger partial charge in [-0.25, -0.2) is 0 Å². The maximum Gasteiger partial charge on any atom is 0.270 e. The Morgan fingerprint density at radius 1 is 0.326 bits per heavy atom. The Morgan fingerprint density at radius 2 is 0.802 bits per heavy atom. The number of benzene rings is 8. The summed E-state index contributed by atoms with van der Waals surface area (Å²) in [7, 11) is 4.52. The van der Waals surface area contributed by atoms with Gasteiger partial charge in [0.2, 0.25) is 0 Å². The summed E-state index contributed by atoms with van der Waals surface area (Å²) < 4.78 is 5.87. The molecule has 3 aliphatic heterocycles. The van der Waals surface area contributed by atoms with Crippen LogP contribution in [0.1, 0.15) is 101 Å². The van der Waals surface area contributed by atoms with Crippen molar-refractivity contribution in [1.82, 2.24) is 35.1 Å². The lowest BCUT2D eigenvalue weighted by atomic mass is 9.92. The second-order valence-electron chi connectivity index (χ2n) is 21.1. The highest BCUT2D eigenvalue weighted by atomic mass is 16.3. The fourth-order valence-corrected chi connectivity index (χ4v) is 10.1. The molecule has 11 aromatic rings. The predicted molar refractivity (Wildman–Crippen MR) is 331 cm³/mol. The number of H-pyrrole nitrogens is 4. The summed E-state index contributed by atoms with van der Waals surface area (Å²) in [5.41, 5.74) is 11.6. The number of aryl methyl sites for hydroxylation is 7. The second kappa shape index (κ2) is 24.4. The van der Waals surface area contributed by atoms with E-state index < -0.39 is 0 Å². The van der Waals surface area contributed by atoms with E-state index in [9.17, 15) is 47.9 Å². The van der Waals surface area contributed by atoms with Crippen molar-refractivity contribution in [2.24, 2.45) is 0 Å². The summed E-state index contributed by atoms with van der Waals surface area (Å²) in [6.07, 6.45) is 0. The smallest absolute Gasteiger partial charge is 0.270 e. The quantitative estimate of drug-likeness (QED) is 0.112. The summed E-state index contributed by atoms with van der Waals surface area (Å²) in [5.74, 6) is -0.325. The van der Waals surface area contributed by atoms with Crippen LogP contribution in [-0.4, -0.2) is 91.7 Å². The van der Waals surface area contributed by atoms with Gasteiger partial charge in [-0.1, -0.05) is 108 Å². The van der Waals surface area contributed by atoms with Crippen LogP contribution in [0.15, 0.2) is 175 Å². The van der Waals surface area contributed by atoms with Gasteiger partial charge >= 0.3 is 0 Å². The van der Waals surface area contributed by atoms with Gasteiger partial charge in [-0.05, 0) is 137 Å². The number of hydrogen-bond donors (Lipinski definition) is 4. The normalized spacial score (nSPS) is 12.8. The molecular formula is C68H59N7O11. The molecule has 86 heavy (non-hydrogen) atoms. The molecule has 3 aromatic heterocycles. The van der Waals surface area contributed by atoms with E-state index in [4.69, 9.17) is 4.42 Å². The highest BCUT2D eigenvalue weighted by Gasteiger charge is 2.34. The SMILES string of the molecule is Cc1ccc(-c2cc3ccc(C)cc3o2)cc1.Cc1ccc2c(=O)[nH][nH]c(=O)c2c1.Cc1ccc2c(c1)C(=O)N(C)C2=O.Cc1ccc2c3c(cccc13)C(=O)N(C)C2=O.Cc1cccc2c(=O)[nH][nH]c(=O)c12.Cc1cccc2c1C(=O)N(C)C2=O. The molecular weight excluding hydrogens is 1090 g/mol. The fraction of sp³-hybridized carbons (Fsp3) is 0.147. The molecule has 4 N–H and O–H groups in total. The van der Waals surface area contributed by atoms with Gasteiger partial charge < -0.3 is 4.42 Å². The van der Waals surface area contributed by atoms with E-state index in [-0.39, 0.29) is 57.7 Å². The molecule has 6 amide bonds. The van der Waals surface area contributed by atoms with Gasteiger partial charge in [-0.3, -0.25) is 83.0 Å². The molecule has 0 saturated carbocycles. The zero-order chi connectivity index (χ0) is 62.0. The Labute approximate surface area is 491 Å². The van der Waals surface area contributed by atoms with Crippen LogP contribution in [0.25, 0.3) is 54.6 Å². The Balaban J connectivity index is 0.000000124. The van der Waals surface area contributed by atoms with Crippen molar-refractivity contribution in [2.75, 3.05) is 21.1 Å². The first-order valence-electron chi connectivity index (χ1n) is 27.1. The van der Waals surface area contributed by atoms with Gasteiger partial charge in [0.15, 0.2) is 0 Å². The Morgan fingerprint density at radius 3 is 1.48 bits per heavy atom. The van der Waals surface area contributed by atoms with Crippen molar-refractivity contribution in [3.05, 3.63) is 265 Å². The van der Waals surface area contributed by atoms with Crippen molar-refractivity contribution in [2.45, 2.75) is 48.5 Å². The first kappa shape index (κ1) is 59.5. The fourth-order valence-electron chi connectivity index (χ4n) is 10.1. The van der Waals surface area contributed by atoms with Crippen LogP contribution >= 0.6 is 0 Å². The van der Waals surface area contributed by atoms with Gasteiger partial charge in [-0.15, -0.1) is 0 Å². The zero-order valence-corrected chi connectivity index (χ0v) is 48.8. The Kier molecular flexibility index (Phi) is 16.9. The van der Waals surface area contributed by atoms with E-state index >= 15 is 0 Å². The van der Waals surface area contributed by atoms with Crippen LogP contribution < -0.4 is 22.2 Å². The number of carbonyl (C=O) groups excluding carboxylic acids is 6. The lowest BCUT2D eigenvalue weighted by molar-refractivity contribution is 0.0643. The molecule has 6 heterocycles. The molecule has 0 bridgehead atoms. The highest BCUT2D eigenvalue weighted by Crippen LogP contribution is 2.32. The van der Waals surface area contributed by atoms with Crippen molar-refractivity contribution < 1.29 is 33.2 Å². The molecule has 0 aliphatic carbocycles. The minimum atomic E-state index is -0.269. The number of rotatable bonds is 1. The molecule has 14 rings (SSSR count). The molecule has 0 saturated heterocycles. The van der Waals surface area contributed by atoms with E-state index in [0.29, 0.717) is 54.9 Å². The lowest BCUT2D eigenvalue weighted by Gasteiger charge is -2.24. The molecule has 8 aromatic carbocycles. The number of aromatic nitrogens is 4. The van der Waals surface area contributed by atoms with Gasteiger partial charge in [0.25, 0.3) is 57.7 Å². The summed E-state index contributed by atoms with van der Waals surface area (Å²) in [6, 6.07) is 47.0. The Hall–Kier alpha value is -11.1. The molecule has 0 fully saturated rings. The van der Waals surface area contributed by atoms with Gasteiger partial charge in [-0.2, -0.15) is 0 Å². The largest absolute Gasteiger partial charge is 0.456 e. The van der Waals surface area contributed by atoms with E-state index in [1.165, 1.54) is 37.2 Å². The molecule has 0 unspecified atom stereocenters. The first-order chi connectivity index (χ1) is 40.9. The maximum atomic E-state index is 12.0. The predicted octanol–water partition coefficient (Wildman–Crippen LogP) is 10.6. The number of hydrogen-bond acceptors (Lipinski definition) is 11. The van der Waals surface area contributed by atoms with Gasteiger partial charge in [0.1, 0.15) is 11.3 Å². The minimum Gasteiger partial charge on any atom is -0.456 e. The third-order valence-electron chi connectivity index (χ3n) is 14.9. The van der Waals surface area contributed by atoms with E-state index in [1.807, 2.05) is 58.0 Å². The topological polar surface area (TPSA) is 257 Å². The number of carbonyl (C=O) groups is 6. The minimum absolute atomic E-state index is 0.196. The molecule has 0 radical (unpaired) electrons. The van der Waals surface area contributed by atoms with Crippen molar-refractivity contribution in [1.29, 1.82) is 0 Å². The maximum absolute atomic E-state index is 12.0. The summed E-state index contributed by atoms with van der Waals surface area (Å²) in [5, 5.41) is 13.8. The standard InChI is InChI=1S/C16H14O.C14H11NO2.2C10H9NO2.2C9H8N2O2/c1-11-3-6-13(7-4-11)16-10-14-8-5-12(2)9-15(14)17-16;1-8-6-7-11-12-9(8)4-3-5-10(12)13(16)15(2)14(11)17;1-6-3-4-7-8(5-6)10(13)11(2)9(7)12;1-6-4-3-5-7-8(6)10(13)11(2)9(7)12;1-5-2-3-6-7(4-5)9(13)11-10-8(6)12;1-5-3-2-4-6-7(5)9(13)11-10-8(6)12/h3-10H,1-2H3;3-7H,1-2H3;2*3-5H,1-2H3;2*2-4H,1H3,(H,10,12)(H,11,13). The number of nitrogens with zero attached hydrogens (tertiary/aromatic N) is 3. The lowest BCUT2D eigenvalue weighted by Crippen LogP contribution is -2.36. The number of fused-ring (bicyclic) bond motifs is 5. The highest BCUT2D eigenvalue weighted by molar-refractivity contribution is 6.26. The van der Waals surface area contributed by atoms with Gasteiger partial charge in [0.05, 0.1) is 43.8 Å².